The summed E-state index contributed by atoms with van der Waals surface area (Å²) in [5.41, 5.74) is 6.70. The second-order valence-corrected chi connectivity index (χ2v) is 6.98. The third kappa shape index (κ3) is 4.56. The molecular formula is C14H12BrClN2O2S. The molecule has 0 saturated heterocycles. The fraction of sp³-hybridized carbons (Fsp3) is 0.0714. The largest absolute Gasteiger partial charge is 0.399 e. The van der Waals surface area contributed by atoms with Gasteiger partial charge in [0.2, 0.25) is 5.91 Å². The van der Waals surface area contributed by atoms with Crippen LogP contribution in [0.5, 0.6) is 0 Å². The maximum atomic E-state index is 12.2. The molecule has 0 spiro atoms. The molecule has 4 nitrogen and oxygen atoms in total. The topological polar surface area (TPSA) is 72.2 Å². The molecule has 0 radical (unpaired) electrons. The summed E-state index contributed by atoms with van der Waals surface area (Å²) in [7, 11) is -1.52. The van der Waals surface area contributed by atoms with E-state index in [0.717, 1.165) is 4.47 Å². The minimum Gasteiger partial charge on any atom is -0.399 e. The van der Waals surface area contributed by atoms with Crippen molar-refractivity contribution in [2.45, 2.75) is 4.90 Å². The summed E-state index contributed by atoms with van der Waals surface area (Å²) in [5.74, 6) is -0.518. The number of halogens is 2. The first kappa shape index (κ1) is 16.0. The molecule has 0 heterocycles. The van der Waals surface area contributed by atoms with E-state index in [4.69, 9.17) is 17.3 Å². The lowest BCUT2D eigenvalue weighted by molar-refractivity contribution is -0.113. The Hall–Kier alpha value is -1.37. The van der Waals surface area contributed by atoms with Crippen molar-refractivity contribution in [3.05, 3.63) is 52.0 Å². The summed E-state index contributed by atoms with van der Waals surface area (Å²) >= 11 is 9.29. The Morgan fingerprint density at radius 3 is 2.71 bits per heavy atom. The van der Waals surface area contributed by atoms with E-state index in [2.05, 4.69) is 21.2 Å². The van der Waals surface area contributed by atoms with Crippen molar-refractivity contribution >= 4 is 55.6 Å². The van der Waals surface area contributed by atoms with Gasteiger partial charge in [0.15, 0.2) is 0 Å². The summed E-state index contributed by atoms with van der Waals surface area (Å²) in [6, 6.07) is 11.8. The minimum atomic E-state index is -1.52. The van der Waals surface area contributed by atoms with E-state index in [9.17, 15) is 9.00 Å². The number of hydrogen-bond acceptors (Lipinski definition) is 3. The second kappa shape index (κ2) is 7.06. The standard InChI is InChI=1S/C14H12BrClN2O2S/c15-9-2-1-3-11(6-9)18-14(19)8-21(20)13-5-4-10(17)7-12(13)16/h1-7H,8,17H2,(H,18,19). The van der Waals surface area contributed by atoms with Gasteiger partial charge < -0.3 is 11.1 Å². The number of benzene rings is 2. The molecule has 21 heavy (non-hydrogen) atoms. The zero-order valence-electron chi connectivity index (χ0n) is 10.8. The molecule has 0 saturated carbocycles. The van der Waals surface area contributed by atoms with E-state index >= 15 is 0 Å². The number of hydrogen-bond donors (Lipinski definition) is 2. The van der Waals surface area contributed by atoms with Crippen LogP contribution < -0.4 is 11.1 Å². The predicted molar refractivity (Wildman–Crippen MR) is 89.9 cm³/mol. The highest BCUT2D eigenvalue weighted by atomic mass is 79.9. The van der Waals surface area contributed by atoms with Gasteiger partial charge in [-0.1, -0.05) is 33.6 Å². The molecule has 0 aliphatic rings. The summed E-state index contributed by atoms with van der Waals surface area (Å²) in [6.07, 6.45) is 0. The van der Waals surface area contributed by atoms with E-state index in [1.165, 1.54) is 6.07 Å². The fourth-order valence-electron chi connectivity index (χ4n) is 1.66. The van der Waals surface area contributed by atoms with Gasteiger partial charge >= 0.3 is 0 Å². The van der Waals surface area contributed by atoms with E-state index in [0.29, 0.717) is 21.3 Å². The first-order valence-corrected chi connectivity index (χ1v) is 8.43. The Balaban J connectivity index is 2.04. The molecule has 110 valence electrons. The van der Waals surface area contributed by atoms with Gasteiger partial charge in [-0.05, 0) is 36.4 Å². The molecule has 1 amide bonds. The highest BCUT2D eigenvalue weighted by Crippen LogP contribution is 2.23. The van der Waals surface area contributed by atoms with Crippen molar-refractivity contribution < 1.29 is 9.00 Å². The van der Waals surface area contributed by atoms with Crippen molar-refractivity contribution in [1.82, 2.24) is 0 Å². The minimum absolute atomic E-state index is 0.170. The summed E-state index contributed by atoms with van der Waals surface area (Å²) in [5, 5.41) is 2.98. The lowest BCUT2D eigenvalue weighted by Gasteiger charge is -2.07. The van der Waals surface area contributed by atoms with Crippen LogP contribution in [0, 0.1) is 0 Å². The first-order valence-electron chi connectivity index (χ1n) is 5.94. The third-order valence-electron chi connectivity index (χ3n) is 2.57. The van der Waals surface area contributed by atoms with Gasteiger partial charge in [0.1, 0.15) is 5.75 Å². The van der Waals surface area contributed by atoms with Crippen LogP contribution in [0.4, 0.5) is 11.4 Å². The van der Waals surface area contributed by atoms with Crippen molar-refractivity contribution in [2.75, 3.05) is 16.8 Å². The lowest BCUT2D eigenvalue weighted by Crippen LogP contribution is -2.19. The number of carbonyl (C=O) groups is 1. The van der Waals surface area contributed by atoms with E-state index in [1.54, 1.807) is 30.3 Å². The molecule has 3 N–H and O–H groups in total. The first-order chi connectivity index (χ1) is 9.95. The highest BCUT2D eigenvalue weighted by Gasteiger charge is 2.13. The fourth-order valence-corrected chi connectivity index (χ4v) is 3.47. The van der Waals surface area contributed by atoms with Crippen LogP contribution in [0.15, 0.2) is 51.8 Å². The molecule has 2 aromatic carbocycles. The normalized spacial score (nSPS) is 11.9. The number of rotatable bonds is 4. The van der Waals surface area contributed by atoms with Gasteiger partial charge in [0.05, 0.1) is 20.7 Å². The second-order valence-electron chi connectivity index (χ2n) is 4.24. The molecule has 0 aliphatic heterocycles. The zero-order valence-corrected chi connectivity index (χ0v) is 14.0. The van der Waals surface area contributed by atoms with Crippen molar-refractivity contribution in [2.24, 2.45) is 0 Å². The molecule has 1 atom stereocenters. The third-order valence-corrected chi connectivity index (χ3v) is 4.86. The maximum Gasteiger partial charge on any atom is 0.237 e. The SMILES string of the molecule is Nc1ccc(S(=O)CC(=O)Nc2cccc(Br)c2)c(Cl)c1. The molecule has 0 bridgehead atoms. The quantitative estimate of drug-likeness (QED) is 0.789. The number of amides is 1. The van der Waals surface area contributed by atoms with Gasteiger partial charge in [-0.15, -0.1) is 0 Å². The van der Waals surface area contributed by atoms with Crippen LogP contribution in [-0.4, -0.2) is 15.9 Å². The van der Waals surface area contributed by atoms with Crippen LogP contribution in [0.1, 0.15) is 0 Å². The molecule has 1 unspecified atom stereocenters. The molecular weight excluding hydrogens is 376 g/mol. The van der Waals surface area contributed by atoms with E-state index < -0.39 is 10.8 Å². The number of nitrogen functional groups attached to an aromatic ring is 1. The Bertz CT molecular complexity index is 709. The van der Waals surface area contributed by atoms with Crippen LogP contribution >= 0.6 is 27.5 Å². The van der Waals surface area contributed by atoms with Crippen LogP contribution in [0.2, 0.25) is 5.02 Å². The Kier molecular flexibility index (Phi) is 5.39. The summed E-state index contributed by atoms with van der Waals surface area (Å²) in [6.45, 7) is 0. The van der Waals surface area contributed by atoms with Crippen molar-refractivity contribution in [3.8, 4) is 0 Å². The Morgan fingerprint density at radius 1 is 1.29 bits per heavy atom. The van der Waals surface area contributed by atoms with Gasteiger partial charge in [-0.25, -0.2) is 0 Å². The number of nitrogens with two attached hydrogens (primary N) is 1. The average molecular weight is 388 g/mol. The summed E-state index contributed by atoms with van der Waals surface area (Å²) in [4.78, 5) is 12.3. The predicted octanol–water partition coefficient (Wildman–Crippen LogP) is 3.43. The number of anilines is 2. The lowest BCUT2D eigenvalue weighted by atomic mass is 10.3. The zero-order chi connectivity index (χ0) is 15.4. The highest BCUT2D eigenvalue weighted by molar-refractivity contribution is 9.10. The molecule has 0 aliphatic carbocycles. The van der Waals surface area contributed by atoms with Crippen LogP contribution in [0.3, 0.4) is 0 Å². The Labute approximate surface area is 138 Å². The van der Waals surface area contributed by atoms with Gasteiger partial charge in [0, 0.05) is 15.8 Å². The van der Waals surface area contributed by atoms with E-state index in [1.807, 2.05) is 6.07 Å². The molecule has 7 heteroatoms. The molecule has 2 rings (SSSR count). The number of carbonyl (C=O) groups excluding carboxylic acids is 1. The van der Waals surface area contributed by atoms with Crippen LogP contribution in [0.25, 0.3) is 0 Å². The average Bonchev–Trinajstić information content (AvgIpc) is 2.38. The van der Waals surface area contributed by atoms with Gasteiger partial charge in [-0.3, -0.25) is 9.00 Å². The molecule has 0 fully saturated rings. The Morgan fingerprint density at radius 2 is 2.05 bits per heavy atom. The van der Waals surface area contributed by atoms with Crippen LogP contribution in [-0.2, 0) is 15.6 Å². The van der Waals surface area contributed by atoms with E-state index in [-0.39, 0.29) is 11.7 Å². The van der Waals surface area contributed by atoms with Gasteiger partial charge in [-0.2, -0.15) is 0 Å². The van der Waals surface area contributed by atoms with Crippen molar-refractivity contribution in [3.63, 3.8) is 0 Å². The smallest absolute Gasteiger partial charge is 0.237 e. The molecule has 2 aromatic rings. The monoisotopic (exact) mass is 386 g/mol. The molecule has 0 aromatic heterocycles. The maximum absolute atomic E-state index is 12.2. The van der Waals surface area contributed by atoms with Gasteiger partial charge in [0.25, 0.3) is 0 Å². The summed E-state index contributed by atoms with van der Waals surface area (Å²) < 4.78 is 13.0. The van der Waals surface area contributed by atoms with Crippen molar-refractivity contribution in [1.29, 1.82) is 0 Å². The number of nitrogens with one attached hydrogen (secondary N) is 1.